The van der Waals surface area contributed by atoms with Gasteiger partial charge in [0.1, 0.15) is 5.75 Å². The Bertz CT molecular complexity index is 511. The number of hydrogen-bond donors (Lipinski definition) is 1. The van der Waals surface area contributed by atoms with Crippen LogP contribution in [0.2, 0.25) is 0 Å². The molecule has 0 spiro atoms. The Hall–Kier alpha value is -1.24. The predicted molar refractivity (Wildman–Crippen MR) is 66.5 cm³/mol. The molecular formula is C12H10OS2. The maximum Gasteiger partial charge on any atom is 0.126 e. The average molecular weight is 234 g/mol. The van der Waals surface area contributed by atoms with Gasteiger partial charge in [-0.1, -0.05) is 18.8 Å². The third-order valence-corrected chi connectivity index (χ3v) is 3.94. The molecule has 0 amide bonds. The highest BCUT2D eigenvalue weighted by Gasteiger charge is 2.04. The monoisotopic (exact) mass is 234 g/mol. The van der Waals surface area contributed by atoms with E-state index in [9.17, 15) is 5.11 Å². The number of aromatic hydroxyl groups is 1. The van der Waals surface area contributed by atoms with E-state index in [1.807, 2.05) is 13.0 Å². The van der Waals surface area contributed by atoms with Crippen LogP contribution in [-0.4, -0.2) is 5.11 Å². The van der Waals surface area contributed by atoms with Gasteiger partial charge in [0.2, 0.25) is 0 Å². The van der Waals surface area contributed by atoms with Crippen molar-refractivity contribution in [3.63, 3.8) is 0 Å². The standard InChI is InChI=1S/C12H10OS2/c1-2-3-4-10-5-6-11(15-10)12-7-9(13)8-14-12/h5-8,13H,2H2,1H3. The van der Waals surface area contributed by atoms with Crippen molar-refractivity contribution >= 4 is 22.7 Å². The lowest BCUT2D eigenvalue weighted by Gasteiger charge is -1.86. The van der Waals surface area contributed by atoms with Crippen LogP contribution < -0.4 is 0 Å². The van der Waals surface area contributed by atoms with Gasteiger partial charge in [0.15, 0.2) is 0 Å². The van der Waals surface area contributed by atoms with E-state index >= 15 is 0 Å². The van der Waals surface area contributed by atoms with Crippen molar-refractivity contribution in [1.82, 2.24) is 0 Å². The maximum atomic E-state index is 9.25. The summed E-state index contributed by atoms with van der Waals surface area (Å²) in [4.78, 5) is 3.35. The Balaban J connectivity index is 2.27. The Morgan fingerprint density at radius 2 is 2.20 bits per heavy atom. The Labute approximate surface area is 97.0 Å². The molecular weight excluding hydrogens is 224 g/mol. The minimum absolute atomic E-state index is 0.338. The van der Waals surface area contributed by atoms with E-state index in [1.165, 1.54) is 4.88 Å². The van der Waals surface area contributed by atoms with Crippen LogP contribution in [0.15, 0.2) is 23.6 Å². The topological polar surface area (TPSA) is 20.2 Å². The first-order valence-electron chi connectivity index (χ1n) is 4.66. The molecule has 0 bridgehead atoms. The Morgan fingerprint density at radius 1 is 1.33 bits per heavy atom. The van der Waals surface area contributed by atoms with Gasteiger partial charge in [-0.2, -0.15) is 0 Å². The molecule has 2 aromatic rings. The van der Waals surface area contributed by atoms with Gasteiger partial charge in [-0.3, -0.25) is 0 Å². The lowest BCUT2D eigenvalue weighted by atomic mass is 10.3. The van der Waals surface area contributed by atoms with Crippen molar-refractivity contribution in [3.8, 4) is 27.3 Å². The normalized spacial score (nSPS) is 9.67. The summed E-state index contributed by atoms with van der Waals surface area (Å²) in [6, 6.07) is 5.86. The second-order valence-electron chi connectivity index (χ2n) is 2.99. The van der Waals surface area contributed by atoms with Crippen LogP contribution in [0.25, 0.3) is 9.75 Å². The quantitative estimate of drug-likeness (QED) is 0.741. The van der Waals surface area contributed by atoms with Gasteiger partial charge < -0.3 is 5.11 Å². The molecule has 2 heterocycles. The predicted octanol–water partition coefficient (Wildman–Crippen LogP) is 3.94. The van der Waals surface area contributed by atoms with Crippen LogP contribution in [0.5, 0.6) is 5.75 Å². The fourth-order valence-electron chi connectivity index (χ4n) is 1.17. The molecule has 0 radical (unpaired) electrons. The number of hydrogen-bond acceptors (Lipinski definition) is 3. The second kappa shape index (κ2) is 4.52. The van der Waals surface area contributed by atoms with Gasteiger partial charge in [-0.05, 0) is 18.2 Å². The maximum absolute atomic E-state index is 9.25. The molecule has 2 rings (SSSR count). The van der Waals surface area contributed by atoms with Crippen molar-refractivity contribution in [2.75, 3.05) is 0 Å². The van der Waals surface area contributed by atoms with Gasteiger partial charge in [-0.15, -0.1) is 22.7 Å². The highest BCUT2D eigenvalue weighted by atomic mass is 32.1. The van der Waals surface area contributed by atoms with Crippen molar-refractivity contribution in [2.24, 2.45) is 0 Å². The first-order chi connectivity index (χ1) is 7.29. The molecule has 0 aliphatic rings. The highest BCUT2D eigenvalue weighted by Crippen LogP contribution is 2.34. The molecule has 2 aromatic heterocycles. The van der Waals surface area contributed by atoms with E-state index in [0.717, 1.165) is 16.2 Å². The first-order valence-corrected chi connectivity index (χ1v) is 6.36. The van der Waals surface area contributed by atoms with E-state index in [0.29, 0.717) is 5.75 Å². The van der Waals surface area contributed by atoms with Gasteiger partial charge in [-0.25, -0.2) is 0 Å². The van der Waals surface area contributed by atoms with E-state index in [-0.39, 0.29) is 0 Å². The van der Waals surface area contributed by atoms with Crippen molar-refractivity contribution in [1.29, 1.82) is 0 Å². The molecule has 0 saturated carbocycles. The van der Waals surface area contributed by atoms with Crippen LogP contribution >= 0.6 is 22.7 Å². The zero-order valence-corrected chi connectivity index (χ0v) is 9.91. The minimum Gasteiger partial charge on any atom is -0.507 e. The molecule has 0 atom stereocenters. The summed E-state index contributed by atoms with van der Waals surface area (Å²) < 4.78 is 0. The third kappa shape index (κ3) is 2.41. The zero-order valence-electron chi connectivity index (χ0n) is 8.28. The Morgan fingerprint density at radius 3 is 2.87 bits per heavy atom. The molecule has 1 N–H and O–H groups in total. The molecule has 0 aromatic carbocycles. The van der Waals surface area contributed by atoms with E-state index in [4.69, 9.17) is 0 Å². The van der Waals surface area contributed by atoms with Crippen LogP contribution in [0, 0.1) is 11.8 Å². The summed E-state index contributed by atoms with van der Waals surface area (Å²) in [6.07, 6.45) is 0.882. The lowest BCUT2D eigenvalue weighted by Crippen LogP contribution is -1.59. The minimum atomic E-state index is 0.338. The van der Waals surface area contributed by atoms with Crippen molar-refractivity contribution in [3.05, 3.63) is 28.5 Å². The Kier molecular flexibility index (Phi) is 3.10. The molecule has 15 heavy (non-hydrogen) atoms. The van der Waals surface area contributed by atoms with Crippen LogP contribution in [0.4, 0.5) is 0 Å². The van der Waals surface area contributed by atoms with E-state index in [1.54, 1.807) is 34.1 Å². The second-order valence-corrected chi connectivity index (χ2v) is 4.98. The molecule has 3 heteroatoms. The largest absolute Gasteiger partial charge is 0.507 e. The summed E-state index contributed by atoms with van der Waals surface area (Å²) in [5.74, 6) is 6.49. The van der Waals surface area contributed by atoms with Gasteiger partial charge in [0.05, 0.1) is 4.88 Å². The molecule has 0 aliphatic heterocycles. The molecule has 0 unspecified atom stereocenters. The molecule has 0 fully saturated rings. The van der Waals surface area contributed by atoms with Crippen molar-refractivity contribution < 1.29 is 5.11 Å². The highest BCUT2D eigenvalue weighted by molar-refractivity contribution is 7.21. The lowest BCUT2D eigenvalue weighted by molar-refractivity contribution is 0.478. The number of thiophene rings is 2. The van der Waals surface area contributed by atoms with E-state index < -0.39 is 0 Å². The van der Waals surface area contributed by atoms with Crippen LogP contribution in [-0.2, 0) is 0 Å². The fourth-order valence-corrected chi connectivity index (χ4v) is 2.92. The van der Waals surface area contributed by atoms with Crippen LogP contribution in [0.3, 0.4) is 0 Å². The SMILES string of the molecule is CCC#Cc1ccc(-c2cc(O)cs2)s1. The zero-order chi connectivity index (χ0) is 10.7. The summed E-state index contributed by atoms with van der Waals surface area (Å²) in [5, 5.41) is 11.0. The summed E-state index contributed by atoms with van der Waals surface area (Å²) in [6.45, 7) is 2.04. The van der Waals surface area contributed by atoms with Crippen molar-refractivity contribution in [2.45, 2.75) is 13.3 Å². The fraction of sp³-hybridized carbons (Fsp3) is 0.167. The molecule has 76 valence electrons. The summed E-state index contributed by atoms with van der Waals surface area (Å²) >= 11 is 3.22. The van der Waals surface area contributed by atoms with Gasteiger partial charge >= 0.3 is 0 Å². The summed E-state index contributed by atoms with van der Waals surface area (Å²) in [7, 11) is 0. The molecule has 1 nitrogen and oxygen atoms in total. The number of rotatable bonds is 1. The van der Waals surface area contributed by atoms with Gasteiger partial charge in [0.25, 0.3) is 0 Å². The van der Waals surface area contributed by atoms with Gasteiger partial charge in [0, 0.05) is 21.6 Å². The first kappa shape index (κ1) is 10.3. The molecule has 0 aliphatic carbocycles. The summed E-state index contributed by atoms with van der Waals surface area (Å²) in [5.41, 5.74) is 0. The third-order valence-electron chi connectivity index (χ3n) is 1.82. The van der Waals surface area contributed by atoms with Crippen LogP contribution in [0.1, 0.15) is 18.2 Å². The average Bonchev–Trinajstić information content (AvgIpc) is 2.83. The molecule has 0 saturated heterocycles. The van der Waals surface area contributed by atoms with E-state index in [2.05, 4.69) is 17.9 Å². The smallest absolute Gasteiger partial charge is 0.126 e.